The zero-order chi connectivity index (χ0) is 18.1. The standard InChI is InChI=1S/C21H32N2O2/c1-5-7-8-9-10-19(23-15-13-22(6-2)14-16-23)18-11-12-20(24-3)21(17-18)25-4/h11-12,17,19H,5-8,13-16H2,1-4H3. The first kappa shape index (κ1) is 19.6. The van der Waals surface area contributed by atoms with Gasteiger partial charge in [-0.25, -0.2) is 0 Å². The van der Waals surface area contributed by atoms with Gasteiger partial charge in [-0.1, -0.05) is 32.3 Å². The number of nitrogens with zero attached hydrogens (tertiary/aromatic N) is 2. The SMILES string of the molecule is CCCCC#CC(c1ccc(OC)c(OC)c1)N1CCN(CC)CC1. The molecule has 1 unspecified atom stereocenters. The predicted molar refractivity (Wildman–Crippen MR) is 103 cm³/mol. The quantitative estimate of drug-likeness (QED) is 0.558. The van der Waals surface area contributed by atoms with E-state index in [0.29, 0.717) is 0 Å². The van der Waals surface area contributed by atoms with Crippen LogP contribution in [-0.4, -0.2) is 56.7 Å². The zero-order valence-electron chi connectivity index (χ0n) is 16.2. The van der Waals surface area contributed by atoms with E-state index in [4.69, 9.17) is 9.47 Å². The lowest BCUT2D eigenvalue weighted by Gasteiger charge is -2.37. The molecule has 4 nitrogen and oxygen atoms in total. The topological polar surface area (TPSA) is 24.9 Å². The molecule has 0 spiro atoms. The summed E-state index contributed by atoms with van der Waals surface area (Å²) in [6, 6.07) is 6.30. The van der Waals surface area contributed by atoms with Gasteiger partial charge in [0.2, 0.25) is 0 Å². The molecule has 1 heterocycles. The largest absolute Gasteiger partial charge is 0.493 e. The minimum atomic E-state index is 0.121. The first-order valence-corrected chi connectivity index (χ1v) is 9.40. The van der Waals surface area contributed by atoms with Gasteiger partial charge in [0.15, 0.2) is 11.5 Å². The van der Waals surface area contributed by atoms with Crippen molar-refractivity contribution < 1.29 is 9.47 Å². The number of benzene rings is 1. The van der Waals surface area contributed by atoms with Crippen molar-refractivity contribution in [2.45, 2.75) is 39.2 Å². The van der Waals surface area contributed by atoms with Gasteiger partial charge in [0.25, 0.3) is 0 Å². The van der Waals surface area contributed by atoms with E-state index >= 15 is 0 Å². The molecule has 25 heavy (non-hydrogen) atoms. The maximum atomic E-state index is 5.49. The molecule has 2 rings (SSSR count). The normalized spacial score (nSPS) is 16.8. The summed E-state index contributed by atoms with van der Waals surface area (Å²) in [5.41, 5.74) is 1.19. The molecule has 1 fully saturated rings. The molecule has 138 valence electrons. The van der Waals surface area contributed by atoms with Crippen LogP contribution in [0.3, 0.4) is 0 Å². The molecule has 4 heteroatoms. The molecule has 1 aliphatic heterocycles. The highest BCUT2D eigenvalue weighted by Crippen LogP contribution is 2.32. The fraction of sp³-hybridized carbons (Fsp3) is 0.619. The molecule has 0 saturated carbocycles. The Bertz CT molecular complexity index is 583. The third-order valence-electron chi connectivity index (χ3n) is 4.84. The molecule has 0 bridgehead atoms. The average Bonchev–Trinajstić information content (AvgIpc) is 2.67. The van der Waals surface area contributed by atoms with Gasteiger partial charge in [0.05, 0.1) is 20.3 Å². The van der Waals surface area contributed by atoms with E-state index in [2.05, 4.69) is 47.6 Å². The summed E-state index contributed by atoms with van der Waals surface area (Å²) in [4.78, 5) is 4.99. The Kier molecular flexibility index (Phi) is 8.11. The van der Waals surface area contributed by atoms with Crippen LogP contribution >= 0.6 is 0 Å². The maximum absolute atomic E-state index is 5.49. The van der Waals surface area contributed by atoms with Gasteiger partial charge >= 0.3 is 0 Å². The van der Waals surface area contributed by atoms with Crippen LogP contribution in [0.1, 0.15) is 44.7 Å². The Labute approximate surface area is 153 Å². The van der Waals surface area contributed by atoms with E-state index < -0.39 is 0 Å². The van der Waals surface area contributed by atoms with Crippen molar-refractivity contribution in [3.63, 3.8) is 0 Å². The molecule has 0 N–H and O–H groups in total. The summed E-state index contributed by atoms with van der Waals surface area (Å²) in [5.74, 6) is 8.45. The van der Waals surface area contributed by atoms with Gasteiger partial charge in [0.1, 0.15) is 0 Å². The first-order chi connectivity index (χ1) is 12.2. The molecule has 1 aromatic rings. The van der Waals surface area contributed by atoms with E-state index in [9.17, 15) is 0 Å². The predicted octanol–water partition coefficient (Wildman–Crippen LogP) is 3.58. The van der Waals surface area contributed by atoms with E-state index in [1.165, 1.54) is 12.0 Å². The Morgan fingerprint density at radius 1 is 1.04 bits per heavy atom. The minimum absolute atomic E-state index is 0.121. The molecular formula is C21H32N2O2. The molecule has 0 amide bonds. The Hall–Kier alpha value is -1.70. The highest BCUT2D eigenvalue weighted by Gasteiger charge is 2.24. The van der Waals surface area contributed by atoms with Gasteiger partial charge in [0, 0.05) is 32.6 Å². The van der Waals surface area contributed by atoms with Gasteiger partial charge in [-0.3, -0.25) is 4.90 Å². The van der Waals surface area contributed by atoms with Crippen molar-refractivity contribution in [3.8, 4) is 23.3 Å². The van der Waals surface area contributed by atoms with Crippen molar-refractivity contribution in [1.82, 2.24) is 9.80 Å². The number of unbranched alkanes of at least 4 members (excludes halogenated alkanes) is 2. The lowest BCUT2D eigenvalue weighted by Crippen LogP contribution is -2.47. The van der Waals surface area contributed by atoms with Crippen LogP contribution in [0, 0.1) is 11.8 Å². The van der Waals surface area contributed by atoms with Crippen LogP contribution in [0.25, 0.3) is 0 Å². The van der Waals surface area contributed by atoms with Crippen molar-refractivity contribution in [2.24, 2.45) is 0 Å². The van der Waals surface area contributed by atoms with Gasteiger partial charge in [-0.05, 0) is 30.7 Å². The maximum Gasteiger partial charge on any atom is 0.161 e. The molecule has 0 aromatic heterocycles. The molecule has 1 atom stereocenters. The Balaban J connectivity index is 2.23. The van der Waals surface area contributed by atoms with E-state index in [1.807, 2.05) is 6.07 Å². The third-order valence-corrected chi connectivity index (χ3v) is 4.84. The average molecular weight is 344 g/mol. The summed E-state index contributed by atoms with van der Waals surface area (Å²) < 4.78 is 10.9. The fourth-order valence-corrected chi connectivity index (χ4v) is 3.18. The number of rotatable bonds is 7. The number of piperazine rings is 1. The van der Waals surface area contributed by atoms with E-state index in [0.717, 1.165) is 57.1 Å². The number of likely N-dealkylation sites (N-methyl/N-ethyl adjacent to an activating group) is 1. The first-order valence-electron chi connectivity index (χ1n) is 9.40. The fourth-order valence-electron chi connectivity index (χ4n) is 3.18. The minimum Gasteiger partial charge on any atom is -0.493 e. The summed E-state index contributed by atoms with van der Waals surface area (Å²) in [6.07, 6.45) is 3.31. The summed E-state index contributed by atoms with van der Waals surface area (Å²) in [7, 11) is 3.35. The van der Waals surface area contributed by atoms with Crippen LogP contribution in [0.4, 0.5) is 0 Å². The smallest absolute Gasteiger partial charge is 0.161 e. The number of hydrogen-bond donors (Lipinski definition) is 0. The summed E-state index contributed by atoms with van der Waals surface area (Å²) in [6.45, 7) is 9.87. The molecular weight excluding hydrogens is 312 g/mol. The van der Waals surface area contributed by atoms with E-state index in [1.54, 1.807) is 14.2 Å². The number of methoxy groups -OCH3 is 2. The second-order valence-corrected chi connectivity index (χ2v) is 6.41. The molecule has 0 radical (unpaired) electrons. The van der Waals surface area contributed by atoms with Crippen molar-refractivity contribution in [3.05, 3.63) is 23.8 Å². The van der Waals surface area contributed by atoms with Gasteiger partial charge in [-0.2, -0.15) is 0 Å². The lowest BCUT2D eigenvalue weighted by atomic mass is 10.0. The highest BCUT2D eigenvalue weighted by atomic mass is 16.5. The van der Waals surface area contributed by atoms with E-state index in [-0.39, 0.29) is 6.04 Å². The van der Waals surface area contributed by atoms with Crippen LogP contribution < -0.4 is 9.47 Å². The molecule has 1 aliphatic rings. The number of hydrogen-bond acceptors (Lipinski definition) is 4. The zero-order valence-corrected chi connectivity index (χ0v) is 16.2. The van der Waals surface area contributed by atoms with Gasteiger partial charge in [-0.15, -0.1) is 5.92 Å². The second-order valence-electron chi connectivity index (χ2n) is 6.41. The van der Waals surface area contributed by atoms with Crippen molar-refractivity contribution >= 4 is 0 Å². The van der Waals surface area contributed by atoms with Gasteiger partial charge < -0.3 is 14.4 Å². The van der Waals surface area contributed by atoms with Crippen LogP contribution in [0.5, 0.6) is 11.5 Å². The Morgan fingerprint density at radius 3 is 2.36 bits per heavy atom. The summed E-state index contributed by atoms with van der Waals surface area (Å²) in [5, 5.41) is 0. The van der Waals surface area contributed by atoms with Crippen molar-refractivity contribution in [2.75, 3.05) is 46.9 Å². The monoisotopic (exact) mass is 344 g/mol. The molecule has 1 saturated heterocycles. The molecule has 1 aromatic carbocycles. The van der Waals surface area contributed by atoms with Crippen LogP contribution in [-0.2, 0) is 0 Å². The number of ether oxygens (including phenoxy) is 2. The Morgan fingerprint density at radius 2 is 1.76 bits per heavy atom. The van der Waals surface area contributed by atoms with Crippen molar-refractivity contribution in [1.29, 1.82) is 0 Å². The van der Waals surface area contributed by atoms with Crippen LogP contribution in [0.15, 0.2) is 18.2 Å². The lowest BCUT2D eigenvalue weighted by molar-refractivity contribution is 0.119. The third kappa shape index (κ3) is 5.39. The molecule has 0 aliphatic carbocycles. The van der Waals surface area contributed by atoms with Crippen LogP contribution in [0.2, 0.25) is 0 Å². The highest BCUT2D eigenvalue weighted by molar-refractivity contribution is 5.45. The summed E-state index contributed by atoms with van der Waals surface area (Å²) >= 11 is 0. The second kappa shape index (κ2) is 10.3.